The van der Waals surface area contributed by atoms with E-state index in [1.54, 1.807) is 6.92 Å². The monoisotopic (exact) mass is 299 g/mol. The third-order valence-corrected chi connectivity index (χ3v) is 2.68. The predicted molar refractivity (Wildman–Crippen MR) is 72.3 cm³/mol. The van der Waals surface area contributed by atoms with Crippen molar-refractivity contribution >= 4 is 11.9 Å². The molecule has 0 saturated heterocycles. The number of aliphatic carboxylic acids is 1. The fraction of sp³-hybridized carbons (Fsp3) is 0.692. The lowest BCUT2D eigenvalue weighted by atomic mass is 9.97. The summed E-state index contributed by atoms with van der Waals surface area (Å²) in [7, 11) is 0. The molecule has 0 fully saturated rings. The minimum absolute atomic E-state index is 0.0443. The molecule has 0 radical (unpaired) electrons. The van der Waals surface area contributed by atoms with Crippen LogP contribution in [0.4, 0.5) is 0 Å². The second kappa shape index (κ2) is 8.35. The number of carboxylic acids is 1. The van der Waals surface area contributed by atoms with Crippen molar-refractivity contribution < 1.29 is 24.0 Å². The van der Waals surface area contributed by atoms with Gasteiger partial charge in [0.1, 0.15) is 13.2 Å². The van der Waals surface area contributed by atoms with Crippen LogP contribution in [0.15, 0.2) is 4.52 Å². The van der Waals surface area contributed by atoms with Crippen molar-refractivity contribution in [2.75, 3.05) is 13.2 Å². The maximum atomic E-state index is 11.6. The van der Waals surface area contributed by atoms with E-state index in [0.29, 0.717) is 18.1 Å². The Balaban J connectivity index is 2.24. The van der Waals surface area contributed by atoms with E-state index in [-0.39, 0.29) is 31.6 Å². The molecule has 8 nitrogen and oxygen atoms in total. The van der Waals surface area contributed by atoms with Gasteiger partial charge in [0, 0.05) is 6.54 Å². The van der Waals surface area contributed by atoms with Crippen LogP contribution in [0.3, 0.4) is 0 Å². The van der Waals surface area contributed by atoms with Crippen LogP contribution in [0, 0.1) is 18.8 Å². The quantitative estimate of drug-likeness (QED) is 0.691. The first-order valence-corrected chi connectivity index (χ1v) is 6.75. The molecule has 1 aromatic rings. The highest BCUT2D eigenvalue weighted by Gasteiger charge is 2.19. The number of aromatic nitrogens is 2. The number of carbonyl (C=O) groups excluding carboxylic acids is 1. The number of carboxylic acid groups (broad SMARTS) is 1. The van der Waals surface area contributed by atoms with Gasteiger partial charge >= 0.3 is 5.97 Å². The van der Waals surface area contributed by atoms with Crippen LogP contribution in [0.1, 0.15) is 32.0 Å². The van der Waals surface area contributed by atoms with E-state index in [0.717, 1.165) is 0 Å². The second-order valence-electron chi connectivity index (χ2n) is 5.20. The highest BCUT2D eigenvalue weighted by molar-refractivity contribution is 5.78. The molecular weight excluding hydrogens is 278 g/mol. The lowest BCUT2D eigenvalue weighted by molar-refractivity contribution is -0.142. The molecule has 0 aromatic carbocycles. The van der Waals surface area contributed by atoms with Gasteiger partial charge in [-0.05, 0) is 19.3 Å². The Kier molecular flexibility index (Phi) is 6.80. The number of nitrogens with zero attached hydrogens (tertiary/aromatic N) is 2. The molecule has 0 aliphatic heterocycles. The molecule has 0 saturated carbocycles. The van der Waals surface area contributed by atoms with Crippen molar-refractivity contribution in [2.45, 2.75) is 33.8 Å². The van der Waals surface area contributed by atoms with Crippen molar-refractivity contribution in [1.29, 1.82) is 0 Å². The molecule has 1 aromatic heterocycles. The van der Waals surface area contributed by atoms with E-state index in [9.17, 15) is 9.59 Å². The van der Waals surface area contributed by atoms with Crippen molar-refractivity contribution in [1.82, 2.24) is 15.5 Å². The molecule has 2 N–H and O–H groups in total. The standard InChI is InChI=1S/C13H21N3O5/c1-8(2)4-10(13(18)19)5-14-11(17)6-20-7-12-15-9(3)16-21-12/h8,10H,4-7H2,1-3H3,(H,14,17)(H,18,19). The third-order valence-electron chi connectivity index (χ3n) is 2.68. The smallest absolute Gasteiger partial charge is 0.308 e. The molecule has 8 heteroatoms. The molecule has 0 spiro atoms. The van der Waals surface area contributed by atoms with Crippen LogP contribution < -0.4 is 5.32 Å². The van der Waals surface area contributed by atoms with Crippen molar-refractivity contribution in [3.63, 3.8) is 0 Å². The molecule has 1 amide bonds. The van der Waals surface area contributed by atoms with Crippen LogP contribution in [0.5, 0.6) is 0 Å². The average Bonchev–Trinajstić information content (AvgIpc) is 2.79. The van der Waals surface area contributed by atoms with Gasteiger partial charge in [0.15, 0.2) is 5.82 Å². The van der Waals surface area contributed by atoms with Crippen molar-refractivity contribution in [3.05, 3.63) is 11.7 Å². The van der Waals surface area contributed by atoms with Crippen LogP contribution in [-0.2, 0) is 20.9 Å². The SMILES string of the molecule is Cc1noc(COCC(=O)NCC(CC(C)C)C(=O)O)n1. The van der Waals surface area contributed by atoms with Gasteiger partial charge in [-0.15, -0.1) is 0 Å². The Hall–Kier alpha value is -1.96. The summed E-state index contributed by atoms with van der Waals surface area (Å²) in [4.78, 5) is 26.5. The Morgan fingerprint density at radius 3 is 2.67 bits per heavy atom. The van der Waals surface area contributed by atoms with Crippen LogP contribution in [-0.4, -0.2) is 40.3 Å². The Labute approximate surface area is 122 Å². The molecular formula is C13H21N3O5. The number of ether oxygens (including phenoxy) is 1. The van der Waals surface area contributed by atoms with Gasteiger partial charge in [-0.3, -0.25) is 9.59 Å². The molecule has 118 valence electrons. The van der Waals surface area contributed by atoms with Gasteiger partial charge in [0.2, 0.25) is 5.91 Å². The molecule has 1 rings (SSSR count). The number of carbonyl (C=O) groups is 2. The van der Waals surface area contributed by atoms with E-state index < -0.39 is 11.9 Å². The highest BCUT2D eigenvalue weighted by Crippen LogP contribution is 2.11. The molecule has 0 bridgehead atoms. The lowest BCUT2D eigenvalue weighted by Gasteiger charge is -2.15. The zero-order chi connectivity index (χ0) is 15.8. The Morgan fingerprint density at radius 1 is 1.43 bits per heavy atom. The van der Waals surface area contributed by atoms with Crippen molar-refractivity contribution in [3.8, 4) is 0 Å². The summed E-state index contributed by atoms with van der Waals surface area (Å²) in [5.74, 6) is -0.834. The van der Waals surface area contributed by atoms with Crippen LogP contribution in [0.2, 0.25) is 0 Å². The van der Waals surface area contributed by atoms with E-state index in [2.05, 4.69) is 15.5 Å². The number of nitrogens with one attached hydrogen (secondary N) is 1. The number of amides is 1. The zero-order valence-corrected chi connectivity index (χ0v) is 12.5. The summed E-state index contributed by atoms with van der Waals surface area (Å²) in [5, 5.41) is 15.2. The van der Waals surface area contributed by atoms with Crippen LogP contribution >= 0.6 is 0 Å². The lowest BCUT2D eigenvalue weighted by Crippen LogP contribution is -2.35. The van der Waals surface area contributed by atoms with Gasteiger partial charge < -0.3 is 19.7 Å². The topological polar surface area (TPSA) is 115 Å². The van der Waals surface area contributed by atoms with E-state index in [4.69, 9.17) is 14.4 Å². The second-order valence-corrected chi connectivity index (χ2v) is 5.20. The highest BCUT2D eigenvalue weighted by atomic mass is 16.5. The largest absolute Gasteiger partial charge is 0.481 e. The maximum absolute atomic E-state index is 11.6. The number of hydrogen-bond donors (Lipinski definition) is 2. The fourth-order valence-corrected chi connectivity index (χ4v) is 1.76. The predicted octanol–water partition coefficient (Wildman–Crippen LogP) is 0.758. The first-order valence-electron chi connectivity index (χ1n) is 6.75. The van der Waals surface area contributed by atoms with Gasteiger partial charge in [-0.1, -0.05) is 19.0 Å². The fourth-order valence-electron chi connectivity index (χ4n) is 1.76. The Morgan fingerprint density at radius 2 is 2.14 bits per heavy atom. The average molecular weight is 299 g/mol. The normalized spacial score (nSPS) is 12.4. The van der Waals surface area contributed by atoms with E-state index in [1.165, 1.54) is 0 Å². The van der Waals surface area contributed by atoms with Gasteiger partial charge in [-0.2, -0.15) is 4.98 Å². The van der Waals surface area contributed by atoms with Crippen LogP contribution in [0.25, 0.3) is 0 Å². The van der Waals surface area contributed by atoms with E-state index >= 15 is 0 Å². The first-order chi connectivity index (χ1) is 9.88. The molecule has 0 aliphatic rings. The van der Waals surface area contributed by atoms with Gasteiger partial charge in [0.05, 0.1) is 5.92 Å². The zero-order valence-electron chi connectivity index (χ0n) is 12.5. The summed E-state index contributed by atoms with van der Waals surface area (Å²) in [6.45, 7) is 5.51. The van der Waals surface area contributed by atoms with Gasteiger partial charge in [-0.25, -0.2) is 0 Å². The summed E-state index contributed by atoms with van der Waals surface area (Å²) in [5.41, 5.74) is 0. The minimum atomic E-state index is -0.911. The van der Waals surface area contributed by atoms with E-state index in [1.807, 2.05) is 13.8 Å². The maximum Gasteiger partial charge on any atom is 0.308 e. The molecule has 21 heavy (non-hydrogen) atoms. The Bertz CT molecular complexity index is 472. The number of hydrogen-bond acceptors (Lipinski definition) is 6. The summed E-state index contributed by atoms with van der Waals surface area (Å²) in [6, 6.07) is 0. The molecule has 1 heterocycles. The third kappa shape index (κ3) is 6.84. The number of rotatable bonds is 9. The number of aryl methyl sites for hydroxylation is 1. The minimum Gasteiger partial charge on any atom is -0.481 e. The first kappa shape index (κ1) is 17.1. The summed E-state index contributed by atoms with van der Waals surface area (Å²) < 4.78 is 9.94. The van der Waals surface area contributed by atoms with Crippen molar-refractivity contribution in [2.24, 2.45) is 11.8 Å². The summed E-state index contributed by atoms with van der Waals surface area (Å²) in [6.07, 6.45) is 0.512. The molecule has 1 unspecified atom stereocenters. The summed E-state index contributed by atoms with van der Waals surface area (Å²) >= 11 is 0. The molecule has 1 atom stereocenters. The molecule has 0 aliphatic carbocycles. The van der Waals surface area contributed by atoms with Gasteiger partial charge in [0.25, 0.3) is 5.89 Å².